The zero-order valence-corrected chi connectivity index (χ0v) is 21.0. The number of nitrogens with zero attached hydrogens (tertiary/aromatic N) is 7. The summed E-state index contributed by atoms with van der Waals surface area (Å²) >= 11 is 0. The fourth-order valence-electron chi connectivity index (χ4n) is 4.52. The second kappa shape index (κ2) is 9.53. The zero-order chi connectivity index (χ0) is 27.2. The molecule has 38 heavy (non-hydrogen) atoms. The topological polar surface area (TPSA) is 106 Å². The molecular weight excluding hydrogens is 497 g/mol. The number of aromatic nitrogens is 5. The maximum absolute atomic E-state index is 13.0. The minimum absolute atomic E-state index is 0.130. The molecule has 0 bridgehead atoms. The standard InChI is InChI=1S/C26H25F3N8O/c1-15-8-16(9-17-13-35(2)7-6-20(15)17)21-12-32-23(30)24(34-21)37-14-18(10-33-37)25(38)36(3)19-4-5-22(31-11-19)26(27,28)29/h4-5,8-12,14H,6-7,13H2,1-3H3,(H2,30,32). The highest BCUT2D eigenvalue weighted by Gasteiger charge is 2.32. The maximum atomic E-state index is 13.0. The SMILES string of the molecule is Cc1cc(-c2cnc(N)c(-n3cc(C(=O)N(C)c4ccc(C(F)(F)F)nc4)cn3)n2)cc2c1CCN(C)C2. The van der Waals surface area contributed by atoms with E-state index in [1.807, 2.05) is 0 Å². The lowest BCUT2D eigenvalue weighted by Gasteiger charge is -2.27. The molecule has 1 amide bonds. The molecule has 12 heteroatoms. The van der Waals surface area contributed by atoms with E-state index in [1.54, 1.807) is 6.20 Å². The van der Waals surface area contributed by atoms with E-state index < -0.39 is 17.8 Å². The normalized spacial score (nSPS) is 13.8. The highest BCUT2D eigenvalue weighted by molar-refractivity contribution is 6.05. The van der Waals surface area contributed by atoms with Crippen LogP contribution in [0.4, 0.5) is 24.7 Å². The van der Waals surface area contributed by atoms with Crippen molar-refractivity contribution in [2.75, 3.05) is 31.3 Å². The van der Waals surface area contributed by atoms with Crippen LogP contribution < -0.4 is 10.6 Å². The van der Waals surface area contributed by atoms with Gasteiger partial charge in [0.15, 0.2) is 11.6 Å². The summed E-state index contributed by atoms with van der Waals surface area (Å²) < 4.78 is 39.8. The molecule has 0 fully saturated rings. The first-order valence-corrected chi connectivity index (χ1v) is 11.8. The quantitative estimate of drug-likeness (QED) is 0.433. The van der Waals surface area contributed by atoms with Crippen molar-refractivity contribution in [1.82, 2.24) is 29.6 Å². The van der Waals surface area contributed by atoms with Crippen LogP contribution in [-0.4, -0.2) is 56.2 Å². The molecule has 0 radical (unpaired) electrons. The van der Waals surface area contributed by atoms with E-state index in [-0.39, 0.29) is 22.9 Å². The number of rotatable bonds is 4. The Bertz CT molecular complexity index is 1510. The number of amides is 1. The Kier molecular flexibility index (Phi) is 6.35. The number of alkyl halides is 3. The van der Waals surface area contributed by atoms with Crippen LogP contribution in [0.5, 0.6) is 0 Å². The minimum atomic E-state index is -4.56. The van der Waals surface area contributed by atoms with Crippen LogP contribution in [0, 0.1) is 6.92 Å². The molecule has 4 heterocycles. The van der Waals surface area contributed by atoms with Gasteiger partial charge in [0.25, 0.3) is 5.91 Å². The molecular formula is C26H25F3N8O. The fourth-order valence-corrected chi connectivity index (χ4v) is 4.52. The third-order valence-corrected chi connectivity index (χ3v) is 6.60. The Morgan fingerprint density at radius 1 is 1.13 bits per heavy atom. The van der Waals surface area contributed by atoms with Gasteiger partial charge in [-0.1, -0.05) is 0 Å². The highest BCUT2D eigenvalue weighted by Crippen LogP contribution is 2.30. The van der Waals surface area contributed by atoms with Crippen LogP contribution in [0.2, 0.25) is 0 Å². The van der Waals surface area contributed by atoms with Crippen molar-refractivity contribution in [3.8, 4) is 17.1 Å². The van der Waals surface area contributed by atoms with E-state index in [0.717, 1.165) is 37.3 Å². The Morgan fingerprint density at radius 2 is 1.92 bits per heavy atom. The van der Waals surface area contributed by atoms with Crippen LogP contribution in [0.1, 0.15) is 32.7 Å². The Balaban J connectivity index is 1.42. The number of hydrogen-bond donors (Lipinski definition) is 1. The number of nitrogens with two attached hydrogens (primary N) is 1. The summed E-state index contributed by atoms with van der Waals surface area (Å²) in [4.78, 5) is 28.9. The van der Waals surface area contributed by atoms with Gasteiger partial charge in [0.2, 0.25) is 0 Å². The molecule has 0 spiro atoms. The molecule has 1 aliphatic rings. The molecule has 5 rings (SSSR count). The van der Waals surface area contributed by atoms with Gasteiger partial charge < -0.3 is 15.5 Å². The number of fused-ring (bicyclic) bond motifs is 1. The summed E-state index contributed by atoms with van der Waals surface area (Å²) in [6, 6.07) is 6.21. The number of carbonyl (C=O) groups is 1. The lowest BCUT2D eigenvalue weighted by molar-refractivity contribution is -0.141. The number of anilines is 2. The molecule has 0 aliphatic carbocycles. The van der Waals surface area contributed by atoms with Crippen LogP contribution in [0.3, 0.4) is 0 Å². The molecule has 9 nitrogen and oxygen atoms in total. The van der Waals surface area contributed by atoms with Crippen molar-refractivity contribution in [3.05, 3.63) is 77.0 Å². The molecule has 0 atom stereocenters. The third-order valence-electron chi connectivity index (χ3n) is 6.60. The number of benzene rings is 1. The molecule has 3 aromatic heterocycles. The molecule has 2 N–H and O–H groups in total. The van der Waals surface area contributed by atoms with Crippen molar-refractivity contribution in [2.24, 2.45) is 0 Å². The first kappa shape index (κ1) is 25.3. The minimum Gasteiger partial charge on any atom is -0.381 e. The highest BCUT2D eigenvalue weighted by atomic mass is 19.4. The summed E-state index contributed by atoms with van der Waals surface area (Å²) in [5.41, 5.74) is 10.8. The van der Waals surface area contributed by atoms with Crippen molar-refractivity contribution in [2.45, 2.75) is 26.1 Å². The number of halogens is 3. The van der Waals surface area contributed by atoms with Crippen LogP contribution in [0.25, 0.3) is 17.1 Å². The van der Waals surface area contributed by atoms with Crippen molar-refractivity contribution < 1.29 is 18.0 Å². The van der Waals surface area contributed by atoms with Gasteiger partial charge in [0.1, 0.15) is 5.69 Å². The first-order valence-electron chi connectivity index (χ1n) is 11.8. The van der Waals surface area contributed by atoms with Gasteiger partial charge in [0.05, 0.1) is 35.5 Å². The number of pyridine rings is 1. The van der Waals surface area contributed by atoms with Gasteiger partial charge in [-0.3, -0.25) is 4.79 Å². The summed E-state index contributed by atoms with van der Waals surface area (Å²) in [6.45, 7) is 3.96. The largest absolute Gasteiger partial charge is 0.433 e. The van der Waals surface area contributed by atoms with Crippen LogP contribution in [0.15, 0.2) is 49.1 Å². The maximum Gasteiger partial charge on any atom is 0.433 e. The van der Waals surface area contributed by atoms with E-state index in [9.17, 15) is 18.0 Å². The average Bonchev–Trinajstić information content (AvgIpc) is 3.37. The van der Waals surface area contributed by atoms with E-state index >= 15 is 0 Å². The number of carbonyl (C=O) groups excluding carboxylic acids is 1. The van der Waals surface area contributed by atoms with Gasteiger partial charge in [-0.05, 0) is 61.3 Å². The second-order valence-corrected chi connectivity index (χ2v) is 9.32. The van der Waals surface area contributed by atoms with Gasteiger partial charge in [-0.2, -0.15) is 18.3 Å². The fraction of sp³-hybridized carbons (Fsp3) is 0.269. The van der Waals surface area contributed by atoms with Crippen molar-refractivity contribution in [3.63, 3.8) is 0 Å². The molecule has 0 saturated carbocycles. The number of hydrogen-bond acceptors (Lipinski definition) is 7. The van der Waals surface area contributed by atoms with Gasteiger partial charge in [-0.25, -0.2) is 19.6 Å². The predicted octanol–water partition coefficient (Wildman–Crippen LogP) is 3.90. The lowest BCUT2D eigenvalue weighted by atomic mass is 9.92. The second-order valence-electron chi connectivity index (χ2n) is 9.32. The molecule has 0 saturated heterocycles. The molecule has 4 aromatic rings. The average molecular weight is 523 g/mol. The number of likely N-dealkylation sites (N-methyl/N-ethyl adjacent to an activating group) is 1. The Labute approximate surface area is 216 Å². The summed E-state index contributed by atoms with van der Waals surface area (Å²) in [5, 5.41) is 4.24. The number of aryl methyl sites for hydroxylation is 1. The monoisotopic (exact) mass is 522 g/mol. The van der Waals surface area contributed by atoms with Crippen LogP contribution >= 0.6 is 0 Å². The lowest BCUT2D eigenvalue weighted by Crippen LogP contribution is -2.27. The molecule has 0 unspecified atom stereocenters. The van der Waals surface area contributed by atoms with Crippen molar-refractivity contribution in [1.29, 1.82) is 0 Å². The number of nitrogen functional groups attached to an aromatic ring is 1. The smallest absolute Gasteiger partial charge is 0.381 e. The summed E-state index contributed by atoms with van der Waals surface area (Å²) in [7, 11) is 3.53. The van der Waals surface area contributed by atoms with Crippen LogP contribution in [-0.2, 0) is 19.1 Å². The molecule has 1 aliphatic heterocycles. The predicted molar refractivity (Wildman–Crippen MR) is 136 cm³/mol. The Morgan fingerprint density at radius 3 is 2.63 bits per heavy atom. The van der Waals surface area contributed by atoms with Gasteiger partial charge in [0, 0.05) is 31.9 Å². The van der Waals surface area contributed by atoms with Gasteiger partial charge in [-0.15, -0.1) is 0 Å². The van der Waals surface area contributed by atoms with E-state index in [4.69, 9.17) is 5.73 Å². The van der Waals surface area contributed by atoms with E-state index in [0.29, 0.717) is 5.69 Å². The van der Waals surface area contributed by atoms with Crippen molar-refractivity contribution >= 4 is 17.4 Å². The molecule has 1 aromatic carbocycles. The summed E-state index contributed by atoms with van der Waals surface area (Å²) in [6.07, 6.45) is 1.82. The van der Waals surface area contributed by atoms with E-state index in [2.05, 4.69) is 51.1 Å². The zero-order valence-electron chi connectivity index (χ0n) is 21.0. The third kappa shape index (κ3) is 4.82. The summed E-state index contributed by atoms with van der Waals surface area (Å²) in [5.74, 6) is -0.103. The van der Waals surface area contributed by atoms with E-state index in [1.165, 1.54) is 51.8 Å². The Hall–Kier alpha value is -4.32. The van der Waals surface area contributed by atoms with Gasteiger partial charge >= 0.3 is 6.18 Å². The first-order chi connectivity index (χ1) is 18.0. The molecule has 196 valence electrons.